The number of methoxy groups -OCH3 is 1. The van der Waals surface area contributed by atoms with Crippen molar-refractivity contribution in [3.63, 3.8) is 0 Å². The molecule has 2 aromatic carbocycles. The van der Waals surface area contributed by atoms with Crippen LogP contribution >= 0.6 is 24.0 Å². The van der Waals surface area contributed by atoms with Gasteiger partial charge >= 0.3 is 0 Å². The van der Waals surface area contributed by atoms with E-state index in [0.29, 0.717) is 29.6 Å². The molecule has 0 aliphatic heterocycles. The second-order valence-corrected chi connectivity index (χ2v) is 8.36. The average Bonchev–Trinajstić information content (AvgIpc) is 2.72. The SMILES string of the molecule is CCOc1ccc(NC(=NC)NCc2ccccc2S(=O)(=O)N(C)C)cc1OC.I. The maximum absolute atomic E-state index is 12.5. The quantitative estimate of drug-likeness (QED) is 0.299. The number of anilines is 1. The summed E-state index contributed by atoms with van der Waals surface area (Å²) in [5.74, 6) is 1.76. The first-order chi connectivity index (χ1) is 13.8. The summed E-state index contributed by atoms with van der Waals surface area (Å²) in [5.41, 5.74) is 1.40. The number of aliphatic imine (C=N–C) groups is 1. The van der Waals surface area contributed by atoms with E-state index in [1.54, 1.807) is 38.4 Å². The topological polar surface area (TPSA) is 92.3 Å². The number of benzene rings is 2. The highest BCUT2D eigenvalue weighted by Gasteiger charge is 2.20. The number of halogens is 1. The lowest BCUT2D eigenvalue weighted by Crippen LogP contribution is -2.31. The van der Waals surface area contributed by atoms with Gasteiger partial charge in [0.1, 0.15) is 0 Å². The van der Waals surface area contributed by atoms with Gasteiger partial charge in [0.15, 0.2) is 17.5 Å². The predicted octanol–water partition coefficient (Wildman–Crippen LogP) is 3.15. The second kappa shape index (κ2) is 12.0. The molecule has 10 heteroatoms. The molecule has 0 bridgehead atoms. The Morgan fingerprint density at radius 3 is 2.43 bits per heavy atom. The Balaban J connectivity index is 0.00000450. The van der Waals surface area contributed by atoms with Crippen LogP contribution in [-0.4, -0.2) is 53.5 Å². The van der Waals surface area contributed by atoms with E-state index in [2.05, 4.69) is 15.6 Å². The largest absolute Gasteiger partial charge is 0.493 e. The van der Waals surface area contributed by atoms with Crippen LogP contribution in [0.5, 0.6) is 11.5 Å². The van der Waals surface area contributed by atoms with Crippen LogP contribution in [0.4, 0.5) is 5.69 Å². The number of rotatable bonds is 8. The number of guanidine groups is 1. The zero-order valence-electron chi connectivity index (χ0n) is 17.8. The Morgan fingerprint density at radius 2 is 1.83 bits per heavy atom. The molecule has 8 nitrogen and oxygen atoms in total. The standard InChI is InChI=1S/C20H28N4O4S.HI/c1-6-28-17-12-11-16(13-18(17)27-5)23-20(21-2)22-14-15-9-7-8-10-19(15)29(25,26)24(3)4;/h7-13H,6,14H2,1-5H3,(H2,21,22,23);1H. The Kier molecular flexibility index (Phi) is 10.4. The number of hydrogen-bond donors (Lipinski definition) is 2. The van der Waals surface area contributed by atoms with Crippen molar-refractivity contribution in [2.45, 2.75) is 18.4 Å². The zero-order chi connectivity index (χ0) is 21.4. The summed E-state index contributed by atoms with van der Waals surface area (Å²) in [6, 6.07) is 12.4. The van der Waals surface area contributed by atoms with Gasteiger partial charge in [0.25, 0.3) is 0 Å². The molecule has 2 rings (SSSR count). The minimum Gasteiger partial charge on any atom is -0.493 e. The van der Waals surface area contributed by atoms with Gasteiger partial charge in [-0.15, -0.1) is 24.0 Å². The first-order valence-electron chi connectivity index (χ1n) is 9.12. The third-order valence-electron chi connectivity index (χ3n) is 4.13. The van der Waals surface area contributed by atoms with E-state index in [-0.39, 0.29) is 35.4 Å². The van der Waals surface area contributed by atoms with E-state index >= 15 is 0 Å². The molecule has 0 saturated heterocycles. The van der Waals surface area contributed by atoms with Crippen molar-refractivity contribution in [3.05, 3.63) is 48.0 Å². The van der Waals surface area contributed by atoms with E-state index < -0.39 is 10.0 Å². The molecular weight excluding hydrogens is 519 g/mol. The van der Waals surface area contributed by atoms with Crippen molar-refractivity contribution >= 4 is 45.6 Å². The second-order valence-electron chi connectivity index (χ2n) is 6.24. The van der Waals surface area contributed by atoms with Gasteiger partial charge in [-0.05, 0) is 30.7 Å². The molecule has 2 N–H and O–H groups in total. The van der Waals surface area contributed by atoms with Crippen LogP contribution in [0.15, 0.2) is 52.4 Å². The van der Waals surface area contributed by atoms with Gasteiger partial charge in [-0.1, -0.05) is 18.2 Å². The number of ether oxygens (including phenoxy) is 2. The van der Waals surface area contributed by atoms with Gasteiger partial charge < -0.3 is 20.1 Å². The van der Waals surface area contributed by atoms with E-state index in [0.717, 1.165) is 5.69 Å². The van der Waals surface area contributed by atoms with Crippen LogP contribution in [0.2, 0.25) is 0 Å². The van der Waals surface area contributed by atoms with E-state index in [1.807, 2.05) is 25.1 Å². The van der Waals surface area contributed by atoms with Crippen LogP contribution in [-0.2, 0) is 16.6 Å². The van der Waals surface area contributed by atoms with E-state index in [9.17, 15) is 8.42 Å². The Hall–Kier alpha value is -2.05. The van der Waals surface area contributed by atoms with Crippen molar-refractivity contribution in [2.75, 3.05) is 40.2 Å². The fourth-order valence-corrected chi connectivity index (χ4v) is 3.73. The fraction of sp³-hybridized carbons (Fsp3) is 0.350. The van der Waals surface area contributed by atoms with Gasteiger partial charge in [-0.25, -0.2) is 12.7 Å². The van der Waals surface area contributed by atoms with Gasteiger partial charge in [0, 0.05) is 39.4 Å². The van der Waals surface area contributed by atoms with Crippen molar-refractivity contribution in [1.29, 1.82) is 0 Å². The number of hydrogen-bond acceptors (Lipinski definition) is 5. The number of sulfonamides is 1. The molecule has 166 valence electrons. The zero-order valence-corrected chi connectivity index (χ0v) is 20.9. The first-order valence-corrected chi connectivity index (χ1v) is 10.6. The molecule has 0 fully saturated rings. The smallest absolute Gasteiger partial charge is 0.242 e. The highest BCUT2D eigenvalue weighted by atomic mass is 127. The van der Waals surface area contributed by atoms with Gasteiger partial charge in [0.05, 0.1) is 18.6 Å². The monoisotopic (exact) mass is 548 g/mol. The van der Waals surface area contributed by atoms with Crippen LogP contribution in [0.25, 0.3) is 0 Å². The Morgan fingerprint density at radius 1 is 1.13 bits per heavy atom. The van der Waals surface area contributed by atoms with Crippen molar-refractivity contribution in [2.24, 2.45) is 4.99 Å². The predicted molar refractivity (Wildman–Crippen MR) is 131 cm³/mol. The number of nitrogens with zero attached hydrogens (tertiary/aromatic N) is 2. The maximum atomic E-state index is 12.5. The molecule has 0 aromatic heterocycles. The molecule has 0 aliphatic rings. The Bertz CT molecular complexity index is 965. The summed E-state index contributed by atoms with van der Waals surface area (Å²) in [6.07, 6.45) is 0. The summed E-state index contributed by atoms with van der Waals surface area (Å²) in [7, 11) is 2.71. The lowest BCUT2D eigenvalue weighted by atomic mass is 10.2. The highest BCUT2D eigenvalue weighted by molar-refractivity contribution is 14.0. The van der Waals surface area contributed by atoms with Gasteiger partial charge in [-0.2, -0.15) is 0 Å². The normalized spacial score (nSPS) is 11.6. The van der Waals surface area contributed by atoms with Gasteiger partial charge in [-0.3, -0.25) is 4.99 Å². The van der Waals surface area contributed by atoms with Crippen molar-refractivity contribution in [1.82, 2.24) is 9.62 Å². The molecule has 0 heterocycles. The first kappa shape index (κ1) is 26.0. The molecule has 30 heavy (non-hydrogen) atoms. The summed E-state index contributed by atoms with van der Waals surface area (Å²) >= 11 is 0. The molecule has 0 unspecified atom stereocenters. The fourth-order valence-electron chi connectivity index (χ4n) is 2.61. The average molecular weight is 548 g/mol. The number of nitrogens with one attached hydrogen (secondary N) is 2. The van der Waals surface area contributed by atoms with Crippen LogP contribution in [0.1, 0.15) is 12.5 Å². The molecule has 0 radical (unpaired) electrons. The summed E-state index contributed by atoms with van der Waals surface area (Å²) in [5, 5.41) is 6.31. The molecule has 0 aliphatic carbocycles. The highest BCUT2D eigenvalue weighted by Crippen LogP contribution is 2.30. The lowest BCUT2D eigenvalue weighted by molar-refractivity contribution is 0.311. The van der Waals surface area contributed by atoms with Gasteiger partial charge in [0.2, 0.25) is 10.0 Å². The third kappa shape index (κ3) is 6.47. The summed E-state index contributed by atoms with van der Waals surface area (Å²) < 4.78 is 37.2. The summed E-state index contributed by atoms with van der Waals surface area (Å²) in [4.78, 5) is 4.46. The van der Waals surface area contributed by atoms with Crippen molar-refractivity contribution in [3.8, 4) is 11.5 Å². The third-order valence-corrected chi connectivity index (χ3v) is 6.04. The summed E-state index contributed by atoms with van der Waals surface area (Å²) in [6.45, 7) is 2.74. The van der Waals surface area contributed by atoms with Crippen LogP contribution in [0.3, 0.4) is 0 Å². The molecule has 0 saturated carbocycles. The molecule has 0 amide bonds. The van der Waals surface area contributed by atoms with E-state index in [1.165, 1.54) is 18.4 Å². The lowest BCUT2D eigenvalue weighted by Gasteiger charge is -2.17. The minimum absolute atomic E-state index is 0. The molecule has 0 spiro atoms. The molecule has 2 aromatic rings. The van der Waals surface area contributed by atoms with Crippen molar-refractivity contribution < 1.29 is 17.9 Å². The maximum Gasteiger partial charge on any atom is 0.242 e. The van der Waals surface area contributed by atoms with Crippen LogP contribution in [0, 0.1) is 0 Å². The minimum atomic E-state index is -3.54. The molecular formula is C20H29IN4O4S. The molecule has 0 atom stereocenters. The van der Waals surface area contributed by atoms with E-state index in [4.69, 9.17) is 9.47 Å². The van der Waals surface area contributed by atoms with Crippen LogP contribution < -0.4 is 20.1 Å². The Labute approximate surface area is 195 Å².